The van der Waals surface area contributed by atoms with Crippen molar-refractivity contribution in [2.75, 3.05) is 0 Å². The number of hydrogen-bond acceptors (Lipinski definition) is 5. The average Bonchev–Trinajstić information content (AvgIpc) is 3.03. The van der Waals surface area contributed by atoms with Crippen molar-refractivity contribution in [3.05, 3.63) is 0 Å². The van der Waals surface area contributed by atoms with Crippen molar-refractivity contribution in [1.82, 2.24) is 0 Å². The molecule has 0 saturated heterocycles. The molecule has 0 aromatic carbocycles. The molecule has 0 heterocycles. The van der Waals surface area contributed by atoms with Crippen LogP contribution in [0.25, 0.3) is 0 Å². The minimum absolute atomic E-state index is 0.00343. The number of ketones is 1. The molecule has 0 radical (unpaired) electrons. The lowest BCUT2D eigenvalue weighted by Gasteiger charge is -2.61. The molecule has 0 aliphatic heterocycles. The monoisotopic (exact) mass is 496 g/mol. The Bertz CT molecular complexity index is 767. The molecule has 0 N–H and O–H groups in total. The summed E-state index contributed by atoms with van der Waals surface area (Å²) in [4.78, 5) is 36.9. The van der Waals surface area contributed by atoms with Gasteiger partial charge in [-0.15, -0.1) is 0 Å². The van der Waals surface area contributed by atoms with Crippen LogP contribution in [0.2, 0.25) is 0 Å². The minimum atomic E-state index is -0.247. The molecular weight excluding hydrogens is 460 g/mol. The number of rotatable bonds is 3. The Morgan fingerprint density at radius 1 is 1.06 bits per heavy atom. The van der Waals surface area contributed by atoms with Gasteiger partial charge in [0.05, 0.1) is 4.83 Å². The molecule has 4 fully saturated rings. The highest BCUT2D eigenvalue weighted by atomic mass is 79.9. The van der Waals surface area contributed by atoms with Crippen LogP contribution in [0, 0.1) is 40.4 Å². The lowest BCUT2D eigenvalue weighted by molar-refractivity contribution is -0.170. The second kappa shape index (κ2) is 8.14. The molecule has 31 heavy (non-hydrogen) atoms. The van der Waals surface area contributed by atoms with Crippen LogP contribution >= 0.6 is 15.9 Å². The number of halogens is 1. The summed E-state index contributed by atoms with van der Waals surface area (Å²) in [7, 11) is 0. The number of Topliss-reactive ketones (excluding diaryl/α,β-unsaturated/α-hetero) is 1. The molecule has 4 saturated carbocycles. The highest BCUT2D eigenvalue weighted by Gasteiger charge is 2.67. The number of alkyl halides is 1. The quantitative estimate of drug-likeness (QED) is 0.402. The Labute approximate surface area is 194 Å². The summed E-state index contributed by atoms with van der Waals surface area (Å²) in [6.45, 7) is 9.53. The lowest BCUT2D eigenvalue weighted by Crippen LogP contribution is -2.62. The van der Waals surface area contributed by atoms with Crippen LogP contribution < -0.4 is 0 Å². The summed E-state index contributed by atoms with van der Waals surface area (Å²) in [5.74, 6) is 1.45. The van der Waals surface area contributed by atoms with E-state index in [0.29, 0.717) is 23.5 Å². The van der Waals surface area contributed by atoms with Crippen molar-refractivity contribution < 1.29 is 23.9 Å². The second-order valence-corrected chi connectivity index (χ2v) is 12.1. The second-order valence-electron chi connectivity index (χ2n) is 11.2. The van der Waals surface area contributed by atoms with E-state index in [4.69, 9.17) is 9.47 Å². The van der Waals surface area contributed by atoms with Crippen molar-refractivity contribution in [1.29, 1.82) is 0 Å². The van der Waals surface area contributed by atoms with Gasteiger partial charge in [-0.25, -0.2) is 0 Å². The summed E-state index contributed by atoms with van der Waals surface area (Å²) >= 11 is 3.88. The van der Waals surface area contributed by atoms with E-state index in [1.807, 2.05) is 6.92 Å². The molecule has 4 aliphatic rings. The first-order valence-corrected chi connectivity index (χ1v) is 12.9. The van der Waals surface area contributed by atoms with Crippen molar-refractivity contribution in [3.63, 3.8) is 0 Å². The van der Waals surface area contributed by atoms with Gasteiger partial charge in [-0.05, 0) is 80.5 Å². The fourth-order valence-electron chi connectivity index (χ4n) is 8.45. The lowest BCUT2D eigenvalue weighted by atomic mass is 9.44. The zero-order valence-corrected chi connectivity index (χ0v) is 21.1. The molecule has 10 atom stereocenters. The largest absolute Gasteiger partial charge is 0.463 e. The van der Waals surface area contributed by atoms with Gasteiger partial charge in [-0.1, -0.05) is 29.8 Å². The third-order valence-corrected chi connectivity index (χ3v) is 11.2. The topological polar surface area (TPSA) is 69.7 Å². The summed E-state index contributed by atoms with van der Waals surface area (Å²) in [6, 6.07) is 0. The van der Waals surface area contributed by atoms with E-state index in [-0.39, 0.29) is 51.6 Å². The Balaban J connectivity index is 1.61. The number of ether oxygens (including phenoxy) is 2. The van der Waals surface area contributed by atoms with Crippen LogP contribution in [0.4, 0.5) is 0 Å². The first-order chi connectivity index (χ1) is 14.5. The van der Waals surface area contributed by atoms with Crippen molar-refractivity contribution in [2.24, 2.45) is 40.4 Å². The molecule has 0 spiro atoms. The van der Waals surface area contributed by atoms with E-state index in [2.05, 4.69) is 29.8 Å². The first-order valence-electron chi connectivity index (χ1n) is 12.0. The van der Waals surface area contributed by atoms with E-state index in [1.165, 1.54) is 13.8 Å². The minimum Gasteiger partial charge on any atom is -0.463 e. The van der Waals surface area contributed by atoms with Crippen LogP contribution in [0.5, 0.6) is 0 Å². The molecule has 0 amide bonds. The van der Waals surface area contributed by atoms with Crippen LogP contribution in [-0.4, -0.2) is 34.8 Å². The Morgan fingerprint density at radius 2 is 1.77 bits per heavy atom. The van der Waals surface area contributed by atoms with Gasteiger partial charge in [-0.3, -0.25) is 14.4 Å². The van der Waals surface area contributed by atoms with E-state index in [0.717, 1.165) is 44.9 Å². The summed E-state index contributed by atoms with van der Waals surface area (Å²) in [6.07, 6.45) is 6.77. The third-order valence-electron chi connectivity index (χ3n) is 9.73. The van der Waals surface area contributed by atoms with Crippen molar-refractivity contribution in [3.8, 4) is 0 Å². The molecular formula is C25H37BrO5. The van der Waals surface area contributed by atoms with Gasteiger partial charge < -0.3 is 9.47 Å². The van der Waals surface area contributed by atoms with E-state index in [9.17, 15) is 14.4 Å². The van der Waals surface area contributed by atoms with Gasteiger partial charge in [0.2, 0.25) is 0 Å². The number of carbonyl (C=O) groups excluding carboxylic acids is 3. The zero-order chi connectivity index (χ0) is 22.7. The Hall–Kier alpha value is -0.910. The van der Waals surface area contributed by atoms with Crippen LogP contribution in [-0.2, 0) is 23.9 Å². The average molecular weight is 497 g/mol. The molecule has 6 heteroatoms. The van der Waals surface area contributed by atoms with Crippen LogP contribution in [0.1, 0.15) is 79.6 Å². The van der Waals surface area contributed by atoms with Gasteiger partial charge >= 0.3 is 11.9 Å². The predicted molar refractivity (Wildman–Crippen MR) is 120 cm³/mol. The Morgan fingerprint density at radius 3 is 2.42 bits per heavy atom. The maximum Gasteiger partial charge on any atom is 0.302 e. The molecule has 0 aromatic heterocycles. The first kappa shape index (κ1) is 23.3. The highest BCUT2D eigenvalue weighted by molar-refractivity contribution is 9.10. The molecule has 0 bridgehead atoms. The number of esters is 2. The SMILES string of the molecule is CC(=O)O[C@@H]1CC[C@@]2(C)[C@@H](CC[C@@H]3[C@H]2C(=O)[C@H](Br)[C@@]2(C)[C@@H]3CC[C@H]2[C@H](C)OC(C)=O)C1. The maximum atomic E-state index is 14.0. The van der Waals surface area contributed by atoms with Crippen molar-refractivity contribution in [2.45, 2.75) is 96.6 Å². The normalized spacial score (nSPS) is 47.5. The number of fused-ring (bicyclic) bond motifs is 5. The molecule has 4 aliphatic carbocycles. The van der Waals surface area contributed by atoms with Gasteiger partial charge in [0.1, 0.15) is 12.2 Å². The summed E-state index contributed by atoms with van der Waals surface area (Å²) < 4.78 is 11.2. The number of carbonyl (C=O) groups is 3. The van der Waals surface area contributed by atoms with E-state index >= 15 is 0 Å². The molecule has 0 unspecified atom stereocenters. The number of hydrogen-bond donors (Lipinski definition) is 0. The van der Waals surface area contributed by atoms with E-state index in [1.54, 1.807) is 0 Å². The predicted octanol–water partition coefficient (Wildman–Crippen LogP) is 5.08. The van der Waals surface area contributed by atoms with Crippen molar-refractivity contribution >= 4 is 33.7 Å². The smallest absolute Gasteiger partial charge is 0.302 e. The van der Waals surface area contributed by atoms with Gasteiger partial charge in [0.25, 0.3) is 0 Å². The highest BCUT2D eigenvalue weighted by Crippen LogP contribution is 2.68. The molecule has 4 rings (SSSR count). The Kier molecular flexibility index (Phi) is 6.11. The standard InChI is InChI=1S/C25H37BrO5/c1-13(30-14(2)27)19-8-9-20-18-7-6-16-12-17(31-15(3)28)10-11-24(16,4)21(18)22(29)23(26)25(19,20)5/h13,16-21,23H,6-12H2,1-5H3/t13-,16-,17+,18-,19-,20+,21-,23-,24-,25+/m0/s1. The van der Waals surface area contributed by atoms with Gasteiger partial charge in [0, 0.05) is 25.7 Å². The molecule has 174 valence electrons. The molecule has 0 aromatic rings. The summed E-state index contributed by atoms with van der Waals surface area (Å²) in [5.41, 5.74) is -0.213. The molecule has 5 nitrogen and oxygen atoms in total. The fourth-order valence-corrected chi connectivity index (χ4v) is 9.42. The zero-order valence-electron chi connectivity index (χ0n) is 19.5. The summed E-state index contributed by atoms with van der Waals surface area (Å²) in [5, 5.41) is 0. The van der Waals surface area contributed by atoms with Gasteiger partial charge in [0.15, 0.2) is 5.78 Å². The van der Waals surface area contributed by atoms with Gasteiger partial charge in [-0.2, -0.15) is 0 Å². The van der Waals surface area contributed by atoms with Crippen LogP contribution in [0.15, 0.2) is 0 Å². The fraction of sp³-hybridized carbons (Fsp3) is 0.880. The van der Waals surface area contributed by atoms with Crippen LogP contribution in [0.3, 0.4) is 0 Å². The van der Waals surface area contributed by atoms with E-state index < -0.39 is 0 Å². The maximum absolute atomic E-state index is 14.0. The third kappa shape index (κ3) is 3.59.